The number of amides is 1. The van der Waals surface area contributed by atoms with Crippen LogP contribution >= 0.6 is 23.2 Å². The zero-order valence-electron chi connectivity index (χ0n) is 10.9. The monoisotopic (exact) mass is 325 g/mol. The number of halogens is 2. The van der Waals surface area contributed by atoms with Gasteiger partial charge in [-0.15, -0.1) is 0 Å². The predicted octanol–water partition coefficient (Wildman–Crippen LogP) is 3.15. The quantitative estimate of drug-likeness (QED) is 0.660. The topological polar surface area (TPSA) is 66.4 Å². The second-order valence-electron chi connectivity index (χ2n) is 4.68. The Bertz CT molecular complexity index is 625. The number of hydrogen-bond donors (Lipinski definition) is 2. The lowest BCUT2D eigenvalue weighted by Crippen LogP contribution is -2.31. The Morgan fingerprint density at radius 3 is 2.67 bits per heavy atom. The molecule has 2 unspecified atom stereocenters. The molecule has 1 aromatic rings. The standard InChI is InChI=1S/C15H13Cl2NO3/c16-11-4-1-9(13(17)8-11)3-6-14(19)18-12-5-2-10(7-12)15(20)21/h1-6,8,10,12H,7H2,(H,18,19)(H,20,21). The molecule has 4 nitrogen and oxygen atoms in total. The Kier molecular flexibility index (Phi) is 5.04. The number of aliphatic carboxylic acids is 1. The highest BCUT2D eigenvalue weighted by Gasteiger charge is 2.24. The van der Waals surface area contributed by atoms with Crippen molar-refractivity contribution in [1.82, 2.24) is 5.32 Å². The highest BCUT2D eigenvalue weighted by atomic mass is 35.5. The molecule has 1 aromatic carbocycles. The number of benzene rings is 1. The van der Waals surface area contributed by atoms with Crippen molar-refractivity contribution < 1.29 is 14.7 Å². The Morgan fingerprint density at radius 2 is 2.05 bits per heavy atom. The Labute approximate surface area is 132 Å². The molecule has 0 aromatic heterocycles. The van der Waals surface area contributed by atoms with Gasteiger partial charge in [0.25, 0.3) is 0 Å². The first-order valence-corrected chi connectivity index (χ1v) is 7.06. The maximum atomic E-state index is 11.8. The van der Waals surface area contributed by atoms with E-state index in [1.54, 1.807) is 36.4 Å². The van der Waals surface area contributed by atoms with Gasteiger partial charge in [-0.25, -0.2) is 0 Å². The highest BCUT2D eigenvalue weighted by Crippen LogP contribution is 2.22. The van der Waals surface area contributed by atoms with Crippen LogP contribution in [0, 0.1) is 5.92 Å². The summed E-state index contributed by atoms with van der Waals surface area (Å²) in [5, 5.41) is 12.6. The van der Waals surface area contributed by atoms with Crippen LogP contribution in [0.1, 0.15) is 12.0 Å². The molecule has 2 atom stereocenters. The highest BCUT2D eigenvalue weighted by molar-refractivity contribution is 6.35. The van der Waals surface area contributed by atoms with Crippen molar-refractivity contribution in [2.24, 2.45) is 5.92 Å². The lowest BCUT2D eigenvalue weighted by molar-refractivity contribution is -0.140. The first kappa shape index (κ1) is 15.6. The van der Waals surface area contributed by atoms with E-state index in [2.05, 4.69) is 5.32 Å². The fraction of sp³-hybridized carbons (Fsp3) is 0.200. The second kappa shape index (κ2) is 6.78. The molecule has 21 heavy (non-hydrogen) atoms. The van der Waals surface area contributed by atoms with Crippen LogP contribution in [0.25, 0.3) is 6.08 Å². The van der Waals surface area contributed by atoms with Gasteiger partial charge in [0.05, 0.1) is 5.92 Å². The molecule has 1 amide bonds. The van der Waals surface area contributed by atoms with Crippen LogP contribution in [0.4, 0.5) is 0 Å². The number of nitrogens with one attached hydrogen (secondary N) is 1. The normalized spacial score (nSPS) is 20.9. The van der Waals surface area contributed by atoms with Crippen molar-refractivity contribution in [1.29, 1.82) is 0 Å². The van der Waals surface area contributed by atoms with Gasteiger partial charge < -0.3 is 10.4 Å². The van der Waals surface area contributed by atoms with Crippen LogP contribution in [0.2, 0.25) is 10.0 Å². The minimum absolute atomic E-state index is 0.260. The van der Waals surface area contributed by atoms with E-state index < -0.39 is 11.9 Å². The molecule has 0 bridgehead atoms. The van der Waals surface area contributed by atoms with Gasteiger partial charge in [0.15, 0.2) is 0 Å². The van der Waals surface area contributed by atoms with Crippen LogP contribution < -0.4 is 5.32 Å². The predicted molar refractivity (Wildman–Crippen MR) is 82.3 cm³/mol. The third kappa shape index (κ3) is 4.34. The number of rotatable bonds is 4. The van der Waals surface area contributed by atoms with E-state index >= 15 is 0 Å². The van der Waals surface area contributed by atoms with E-state index in [-0.39, 0.29) is 11.9 Å². The molecule has 110 valence electrons. The molecule has 0 saturated carbocycles. The number of carbonyl (C=O) groups excluding carboxylic acids is 1. The zero-order valence-corrected chi connectivity index (χ0v) is 12.4. The van der Waals surface area contributed by atoms with Gasteiger partial charge in [0.2, 0.25) is 5.91 Å². The summed E-state index contributed by atoms with van der Waals surface area (Å²) >= 11 is 11.8. The summed E-state index contributed by atoms with van der Waals surface area (Å²) in [6, 6.07) is 4.73. The average Bonchev–Trinajstić information content (AvgIpc) is 2.86. The lowest BCUT2D eigenvalue weighted by Gasteiger charge is -2.10. The maximum Gasteiger partial charge on any atom is 0.310 e. The number of hydrogen-bond acceptors (Lipinski definition) is 2. The zero-order chi connectivity index (χ0) is 15.4. The molecule has 0 spiro atoms. The molecule has 0 heterocycles. The van der Waals surface area contributed by atoms with Crippen LogP contribution in [0.15, 0.2) is 36.4 Å². The molecule has 1 aliphatic rings. The summed E-state index contributed by atoms with van der Waals surface area (Å²) in [6.07, 6.45) is 6.60. The molecule has 1 aliphatic carbocycles. The van der Waals surface area contributed by atoms with Crippen molar-refractivity contribution in [3.8, 4) is 0 Å². The molecule has 2 N–H and O–H groups in total. The van der Waals surface area contributed by atoms with Crippen molar-refractivity contribution in [2.75, 3.05) is 0 Å². The third-order valence-corrected chi connectivity index (χ3v) is 3.67. The third-order valence-electron chi connectivity index (χ3n) is 3.11. The van der Waals surface area contributed by atoms with Crippen molar-refractivity contribution in [2.45, 2.75) is 12.5 Å². The van der Waals surface area contributed by atoms with Crippen molar-refractivity contribution in [3.63, 3.8) is 0 Å². The van der Waals surface area contributed by atoms with E-state index in [1.165, 1.54) is 6.08 Å². The minimum atomic E-state index is -0.883. The largest absolute Gasteiger partial charge is 0.481 e. The SMILES string of the molecule is O=C(C=Cc1ccc(Cl)cc1Cl)NC1C=CC(C(=O)O)C1. The first-order valence-electron chi connectivity index (χ1n) is 6.30. The Morgan fingerprint density at radius 1 is 1.29 bits per heavy atom. The van der Waals surface area contributed by atoms with E-state index in [1.807, 2.05) is 0 Å². The first-order chi connectivity index (χ1) is 9.95. The van der Waals surface area contributed by atoms with Crippen LogP contribution in [-0.2, 0) is 9.59 Å². The fourth-order valence-corrected chi connectivity index (χ4v) is 2.49. The summed E-state index contributed by atoms with van der Waals surface area (Å²) in [5.74, 6) is -1.72. The lowest BCUT2D eigenvalue weighted by atomic mass is 10.1. The maximum absolute atomic E-state index is 11.8. The van der Waals surface area contributed by atoms with Gasteiger partial charge in [-0.05, 0) is 30.2 Å². The Balaban J connectivity index is 1.92. The van der Waals surface area contributed by atoms with Gasteiger partial charge >= 0.3 is 5.97 Å². The summed E-state index contributed by atoms with van der Waals surface area (Å²) in [4.78, 5) is 22.6. The molecule has 6 heteroatoms. The van der Waals surface area contributed by atoms with Gasteiger partial charge in [-0.3, -0.25) is 9.59 Å². The van der Waals surface area contributed by atoms with E-state index in [4.69, 9.17) is 28.3 Å². The molecular formula is C15H13Cl2NO3. The summed E-state index contributed by atoms with van der Waals surface area (Å²) in [6.45, 7) is 0. The second-order valence-corrected chi connectivity index (χ2v) is 5.52. The Hall–Kier alpha value is -1.78. The number of carboxylic acid groups (broad SMARTS) is 1. The van der Waals surface area contributed by atoms with Crippen molar-refractivity contribution in [3.05, 3.63) is 52.0 Å². The van der Waals surface area contributed by atoms with Crippen LogP contribution in [0.5, 0.6) is 0 Å². The number of carboxylic acids is 1. The molecule has 0 fully saturated rings. The molecule has 0 saturated heterocycles. The summed E-state index contributed by atoms with van der Waals surface area (Å²) in [7, 11) is 0. The van der Waals surface area contributed by atoms with Crippen LogP contribution in [-0.4, -0.2) is 23.0 Å². The molecular weight excluding hydrogens is 313 g/mol. The van der Waals surface area contributed by atoms with Gasteiger partial charge in [0, 0.05) is 22.2 Å². The van der Waals surface area contributed by atoms with Crippen LogP contribution in [0.3, 0.4) is 0 Å². The summed E-state index contributed by atoms with van der Waals surface area (Å²) in [5.41, 5.74) is 0.682. The molecule has 0 aliphatic heterocycles. The number of carbonyl (C=O) groups is 2. The smallest absolute Gasteiger partial charge is 0.310 e. The van der Waals surface area contributed by atoms with Gasteiger partial charge in [-0.2, -0.15) is 0 Å². The van der Waals surface area contributed by atoms with E-state index in [0.717, 1.165) is 0 Å². The van der Waals surface area contributed by atoms with Crippen molar-refractivity contribution >= 4 is 41.2 Å². The minimum Gasteiger partial charge on any atom is -0.481 e. The molecule has 0 radical (unpaired) electrons. The average molecular weight is 326 g/mol. The van der Waals surface area contributed by atoms with Gasteiger partial charge in [0.1, 0.15) is 0 Å². The summed E-state index contributed by atoms with van der Waals surface area (Å²) < 4.78 is 0. The van der Waals surface area contributed by atoms with E-state index in [0.29, 0.717) is 22.0 Å². The van der Waals surface area contributed by atoms with E-state index in [9.17, 15) is 9.59 Å². The molecule has 2 rings (SSSR count). The van der Waals surface area contributed by atoms with Gasteiger partial charge in [-0.1, -0.05) is 41.4 Å². The fourth-order valence-electron chi connectivity index (χ4n) is 2.02.